The molecule has 2 fully saturated rings. The van der Waals surface area contributed by atoms with Gasteiger partial charge in [-0.25, -0.2) is 0 Å². The van der Waals surface area contributed by atoms with Gasteiger partial charge >= 0.3 is 0 Å². The SMILES string of the molecule is CCCN(CCN(C)C)C1(CN)CCC2(CCCC2)CC1. The Bertz CT molecular complexity index is 298. The van der Waals surface area contributed by atoms with Crippen molar-refractivity contribution in [3.05, 3.63) is 0 Å². The molecule has 2 saturated carbocycles. The van der Waals surface area contributed by atoms with Gasteiger partial charge in [-0.3, -0.25) is 4.90 Å². The second-order valence-corrected chi connectivity index (χ2v) is 7.93. The molecule has 3 nitrogen and oxygen atoms in total. The van der Waals surface area contributed by atoms with E-state index in [2.05, 4.69) is 30.8 Å². The van der Waals surface area contributed by atoms with Gasteiger partial charge in [0.1, 0.15) is 0 Å². The van der Waals surface area contributed by atoms with Gasteiger partial charge < -0.3 is 10.6 Å². The Hall–Kier alpha value is -0.120. The van der Waals surface area contributed by atoms with Crippen molar-refractivity contribution in [1.82, 2.24) is 9.80 Å². The van der Waals surface area contributed by atoms with Crippen LogP contribution in [0.2, 0.25) is 0 Å². The molecule has 21 heavy (non-hydrogen) atoms. The Balaban J connectivity index is 2.01. The molecule has 0 aromatic heterocycles. The minimum Gasteiger partial charge on any atom is -0.329 e. The van der Waals surface area contributed by atoms with Gasteiger partial charge in [0, 0.05) is 25.2 Å². The summed E-state index contributed by atoms with van der Waals surface area (Å²) in [7, 11) is 4.35. The summed E-state index contributed by atoms with van der Waals surface area (Å²) >= 11 is 0. The Morgan fingerprint density at radius 1 is 0.857 bits per heavy atom. The van der Waals surface area contributed by atoms with Gasteiger partial charge in [-0.15, -0.1) is 0 Å². The van der Waals surface area contributed by atoms with Crippen molar-refractivity contribution in [2.75, 3.05) is 40.3 Å². The van der Waals surface area contributed by atoms with E-state index in [1.807, 2.05) is 0 Å². The first-order valence-corrected chi connectivity index (χ1v) is 9.16. The lowest BCUT2D eigenvalue weighted by Crippen LogP contribution is -2.58. The molecule has 0 aliphatic heterocycles. The van der Waals surface area contributed by atoms with E-state index in [1.54, 1.807) is 0 Å². The third kappa shape index (κ3) is 4.00. The zero-order chi connectivity index (χ0) is 15.3. The van der Waals surface area contributed by atoms with Crippen LogP contribution in [0.15, 0.2) is 0 Å². The van der Waals surface area contributed by atoms with Crippen molar-refractivity contribution < 1.29 is 0 Å². The van der Waals surface area contributed by atoms with Crippen LogP contribution in [0.5, 0.6) is 0 Å². The lowest BCUT2D eigenvalue weighted by molar-refractivity contribution is 0.0104. The third-order valence-electron chi connectivity index (χ3n) is 6.27. The van der Waals surface area contributed by atoms with Crippen LogP contribution in [0.4, 0.5) is 0 Å². The van der Waals surface area contributed by atoms with Gasteiger partial charge in [-0.05, 0) is 71.0 Å². The van der Waals surface area contributed by atoms with Crippen LogP contribution >= 0.6 is 0 Å². The number of nitrogens with two attached hydrogens (primary N) is 1. The lowest BCUT2D eigenvalue weighted by atomic mass is 9.66. The molecule has 0 radical (unpaired) electrons. The standard InChI is InChI=1S/C18H37N3/c1-4-13-21(15-14-20(2)3)18(16-19)11-9-17(10-12-18)7-5-6-8-17/h4-16,19H2,1-3H3. The van der Waals surface area contributed by atoms with Crippen molar-refractivity contribution in [2.45, 2.75) is 70.3 Å². The summed E-state index contributed by atoms with van der Waals surface area (Å²) in [4.78, 5) is 5.03. The fourth-order valence-corrected chi connectivity index (χ4v) is 4.70. The van der Waals surface area contributed by atoms with Crippen molar-refractivity contribution >= 4 is 0 Å². The zero-order valence-electron chi connectivity index (χ0n) is 14.7. The van der Waals surface area contributed by atoms with Crippen LogP contribution in [0, 0.1) is 5.41 Å². The Morgan fingerprint density at radius 3 is 1.95 bits per heavy atom. The third-order valence-corrected chi connectivity index (χ3v) is 6.27. The largest absolute Gasteiger partial charge is 0.329 e. The fourth-order valence-electron chi connectivity index (χ4n) is 4.70. The minimum absolute atomic E-state index is 0.292. The average Bonchev–Trinajstić information content (AvgIpc) is 2.93. The molecular formula is C18H37N3. The predicted octanol–water partition coefficient (Wildman–Crippen LogP) is 3.09. The van der Waals surface area contributed by atoms with E-state index in [4.69, 9.17) is 5.73 Å². The van der Waals surface area contributed by atoms with E-state index < -0.39 is 0 Å². The summed E-state index contributed by atoms with van der Waals surface area (Å²) in [5, 5.41) is 0. The minimum atomic E-state index is 0.292. The molecule has 2 rings (SSSR count). The van der Waals surface area contributed by atoms with Gasteiger partial charge in [0.15, 0.2) is 0 Å². The monoisotopic (exact) mass is 295 g/mol. The van der Waals surface area contributed by atoms with Crippen LogP contribution in [0.25, 0.3) is 0 Å². The average molecular weight is 296 g/mol. The van der Waals surface area contributed by atoms with E-state index in [0.29, 0.717) is 11.0 Å². The van der Waals surface area contributed by atoms with Crippen LogP contribution in [0.3, 0.4) is 0 Å². The molecule has 0 unspecified atom stereocenters. The highest BCUT2D eigenvalue weighted by Gasteiger charge is 2.45. The highest BCUT2D eigenvalue weighted by molar-refractivity contribution is 5.01. The molecule has 2 aliphatic rings. The van der Waals surface area contributed by atoms with Crippen molar-refractivity contribution in [2.24, 2.45) is 11.1 Å². The maximum atomic E-state index is 6.31. The van der Waals surface area contributed by atoms with Gasteiger partial charge in [-0.1, -0.05) is 19.8 Å². The highest BCUT2D eigenvalue weighted by Crippen LogP contribution is 2.52. The molecule has 1 spiro atoms. The maximum absolute atomic E-state index is 6.31. The van der Waals surface area contributed by atoms with Crippen molar-refractivity contribution in [3.63, 3.8) is 0 Å². The molecule has 0 saturated heterocycles. The molecule has 0 aromatic carbocycles. The molecule has 2 aliphatic carbocycles. The summed E-state index contributed by atoms with van der Waals surface area (Å²) < 4.78 is 0. The first-order chi connectivity index (χ1) is 10.1. The lowest BCUT2D eigenvalue weighted by Gasteiger charge is -2.51. The Kier molecular flexibility index (Phi) is 6.10. The molecule has 0 amide bonds. The smallest absolute Gasteiger partial charge is 0.0332 e. The number of likely N-dealkylation sites (N-methyl/N-ethyl adjacent to an activating group) is 1. The molecule has 2 N–H and O–H groups in total. The first-order valence-electron chi connectivity index (χ1n) is 9.16. The second-order valence-electron chi connectivity index (χ2n) is 7.93. The first kappa shape index (κ1) is 17.2. The van der Waals surface area contributed by atoms with Crippen LogP contribution in [0.1, 0.15) is 64.7 Å². The Morgan fingerprint density at radius 2 is 1.48 bits per heavy atom. The highest BCUT2D eigenvalue weighted by atomic mass is 15.2. The maximum Gasteiger partial charge on any atom is 0.0332 e. The predicted molar refractivity (Wildman–Crippen MR) is 91.6 cm³/mol. The summed E-state index contributed by atoms with van der Waals surface area (Å²) in [6.07, 6.45) is 12.6. The van der Waals surface area contributed by atoms with Crippen LogP contribution in [-0.4, -0.2) is 55.6 Å². The summed E-state index contributed by atoms with van der Waals surface area (Å²) in [6, 6.07) is 0. The van der Waals surface area contributed by atoms with Crippen molar-refractivity contribution in [3.8, 4) is 0 Å². The second kappa shape index (κ2) is 7.43. The molecular weight excluding hydrogens is 258 g/mol. The summed E-state index contributed by atoms with van der Waals surface area (Å²) in [5.74, 6) is 0. The fraction of sp³-hybridized carbons (Fsp3) is 1.00. The molecule has 3 heteroatoms. The van der Waals surface area contributed by atoms with E-state index in [-0.39, 0.29) is 0 Å². The number of rotatable bonds is 7. The van der Waals surface area contributed by atoms with E-state index in [1.165, 1.54) is 70.9 Å². The number of hydrogen-bond donors (Lipinski definition) is 1. The molecule has 0 aromatic rings. The van der Waals surface area contributed by atoms with E-state index in [0.717, 1.165) is 13.1 Å². The van der Waals surface area contributed by atoms with Gasteiger partial charge in [0.05, 0.1) is 0 Å². The van der Waals surface area contributed by atoms with Crippen LogP contribution < -0.4 is 5.73 Å². The van der Waals surface area contributed by atoms with Gasteiger partial charge in [0.25, 0.3) is 0 Å². The molecule has 124 valence electrons. The topological polar surface area (TPSA) is 32.5 Å². The Labute approximate surface area is 132 Å². The normalized spacial score (nSPS) is 24.3. The quantitative estimate of drug-likeness (QED) is 0.783. The summed E-state index contributed by atoms with van der Waals surface area (Å²) in [5.41, 5.74) is 7.31. The van der Waals surface area contributed by atoms with Gasteiger partial charge in [-0.2, -0.15) is 0 Å². The number of hydrogen-bond acceptors (Lipinski definition) is 3. The van der Waals surface area contributed by atoms with Gasteiger partial charge in [0.2, 0.25) is 0 Å². The van der Waals surface area contributed by atoms with Crippen molar-refractivity contribution in [1.29, 1.82) is 0 Å². The van der Waals surface area contributed by atoms with E-state index >= 15 is 0 Å². The molecule has 0 atom stereocenters. The summed E-state index contributed by atoms with van der Waals surface area (Å²) in [6.45, 7) is 6.67. The molecule has 0 heterocycles. The van der Waals surface area contributed by atoms with Crippen LogP contribution in [-0.2, 0) is 0 Å². The van der Waals surface area contributed by atoms with E-state index in [9.17, 15) is 0 Å². The molecule has 0 bridgehead atoms. The zero-order valence-corrected chi connectivity index (χ0v) is 14.7. The number of nitrogens with zero attached hydrogens (tertiary/aromatic N) is 2.